The van der Waals surface area contributed by atoms with Crippen molar-refractivity contribution in [2.45, 2.75) is 47.0 Å². The smallest absolute Gasteiger partial charge is 0.306 e. The summed E-state index contributed by atoms with van der Waals surface area (Å²) in [5, 5.41) is 18.3. The van der Waals surface area contributed by atoms with Crippen LogP contribution in [0.5, 0.6) is 0 Å². The Balaban J connectivity index is 4.80. The molecule has 4 heteroatoms. The molecule has 0 fully saturated rings. The molecule has 100 valence electrons. The van der Waals surface area contributed by atoms with Crippen LogP contribution in [0, 0.1) is 23.7 Å². The third-order valence-electron chi connectivity index (χ3n) is 3.80. The van der Waals surface area contributed by atoms with Gasteiger partial charge < -0.3 is 10.2 Å². The van der Waals surface area contributed by atoms with Gasteiger partial charge in [0, 0.05) is 0 Å². The Morgan fingerprint density at radius 2 is 1.18 bits per heavy atom. The van der Waals surface area contributed by atoms with E-state index in [-0.39, 0.29) is 18.3 Å². The van der Waals surface area contributed by atoms with Gasteiger partial charge in [-0.1, -0.05) is 40.5 Å². The van der Waals surface area contributed by atoms with E-state index in [1.165, 1.54) is 0 Å². The number of carboxylic acids is 2. The number of carbonyl (C=O) groups is 2. The first-order valence-corrected chi connectivity index (χ1v) is 6.30. The van der Waals surface area contributed by atoms with E-state index in [4.69, 9.17) is 10.2 Å². The fraction of sp³-hybridized carbons (Fsp3) is 0.846. The Kier molecular flexibility index (Phi) is 6.85. The Labute approximate surface area is 103 Å². The molecule has 0 aliphatic carbocycles. The maximum Gasteiger partial charge on any atom is 0.306 e. The molecule has 0 aliphatic rings. The van der Waals surface area contributed by atoms with Crippen molar-refractivity contribution in [3.05, 3.63) is 0 Å². The lowest BCUT2D eigenvalue weighted by Crippen LogP contribution is -2.30. The van der Waals surface area contributed by atoms with Crippen molar-refractivity contribution in [1.82, 2.24) is 0 Å². The van der Waals surface area contributed by atoms with Crippen molar-refractivity contribution in [3.63, 3.8) is 0 Å². The van der Waals surface area contributed by atoms with Gasteiger partial charge in [-0.05, 0) is 18.3 Å². The van der Waals surface area contributed by atoms with Crippen molar-refractivity contribution in [2.24, 2.45) is 23.7 Å². The monoisotopic (exact) mass is 244 g/mol. The van der Waals surface area contributed by atoms with Crippen LogP contribution >= 0.6 is 0 Å². The lowest BCUT2D eigenvalue weighted by molar-refractivity contribution is -0.148. The number of aliphatic carboxylic acids is 2. The molecule has 0 heterocycles. The summed E-state index contributed by atoms with van der Waals surface area (Å²) >= 11 is 0. The zero-order chi connectivity index (χ0) is 13.6. The van der Waals surface area contributed by atoms with E-state index in [2.05, 4.69) is 0 Å². The van der Waals surface area contributed by atoms with Crippen LogP contribution in [0.1, 0.15) is 47.0 Å². The fourth-order valence-electron chi connectivity index (χ4n) is 2.00. The van der Waals surface area contributed by atoms with Crippen LogP contribution < -0.4 is 0 Å². The van der Waals surface area contributed by atoms with Gasteiger partial charge in [-0.2, -0.15) is 0 Å². The summed E-state index contributed by atoms with van der Waals surface area (Å²) in [6, 6.07) is 0. The van der Waals surface area contributed by atoms with Crippen molar-refractivity contribution < 1.29 is 19.8 Å². The minimum atomic E-state index is -0.881. The van der Waals surface area contributed by atoms with Gasteiger partial charge in [0.1, 0.15) is 0 Å². The molecule has 0 aliphatic heterocycles. The molecule has 0 radical (unpaired) electrons. The zero-order valence-electron chi connectivity index (χ0n) is 11.1. The van der Waals surface area contributed by atoms with Crippen molar-refractivity contribution in [3.8, 4) is 0 Å². The molecule has 0 amide bonds. The summed E-state index contributed by atoms with van der Waals surface area (Å²) in [5.41, 5.74) is 0. The van der Waals surface area contributed by atoms with Gasteiger partial charge in [-0.25, -0.2) is 0 Å². The lowest BCUT2D eigenvalue weighted by Gasteiger charge is -2.25. The first kappa shape index (κ1) is 15.9. The first-order valence-electron chi connectivity index (χ1n) is 6.30. The molecule has 0 rings (SSSR count). The average Bonchev–Trinajstić information content (AvgIpc) is 2.27. The average molecular weight is 244 g/mol. The summed E-state index contributed by atoms with van der Waals surface area (Å²) in [5.74, 6) is -2.86. The molecule has 0 saturated carbocycles. The van der Waals surface area contributed by atoms with E-state index < -0.39 is 23.8 Å². The molecule has 0 aromatic rings. The molecule has 4 unspecified atom stereocenters. The number of carboxylic acid groups (broad SMARTS) is 2. The highest BCUT2D eigenvalue weighted by Crippen LogP contribution is 2.29. The third kappa shape index (κ3) is 4.75. The van der Waals surface area contributed by atoms with Gasteiger partial charge in [-0.15, -0.1) is 0 Å². The van der Waals surface area contributed by atoms with Gasteiger partial charge in [-0.3, -0.25) is 9.59 Å². The van der Waals surface area contributed by atoms with Crippen LogP contribution in [0.4, 0.5) is 0 Å². The minimum absolute atomic E-state index is 0.0124. The normalized spacial score (nSPS) is 18.1. The Bertz CT molecular complexity index is 236. The number of hydrogen-bond donors (Lipinski definition) is 2. The van der Waals surface area contributed by atoms with Crippen LogP contribution in [0.15, 0.2) is 0 Å². The first-order chi connectivity index (χ1) is 7.84. The highest BCUT2D eigenvalue weighted by molar-refractivity contribution is 5.74. The van der Waals surface area contributed by atoms with E-state index >= 15 is 0 Å². The molecule has 0 spiro atoms. The van der Waals surface area contributed by atoms with Gasteiger partial charge in [0.2, 0.25) is 0 Å². The summed E-state index contributed by atoms with van der Waals surface area (Å²) in [7, 11) is 0. The maximum absolute atomic E-state index is 11.2. The second kappa shape index (κ2) is 7.30. The molecular weight excluding hydrogens is 220 g/mol. The topological polar surface area (TPSA) is 74.6 Å². The molecular formula is C13H24O4. The van der Waals surface area contributed by atoms with E-state index in [1.54, 1.807) is 0 Å². The largest absolute Gasteiger partial charge is 0.481 e. The number of hydrogen-bond acceptors (Lipinski definition) is 2. The third-order valence-corrected chi connectivity index (χ3v) is 3.80. The van der Waals surface area contributed by atoms with Gasteiger partial charge in [0.15, 0.2) is 0 Å². The maximum atomic E-state index is 11.2. The van der Waals surface area contributed by atoms with E-state index in [1.807, 2.05) is 27.7 Å². The standard InChI is InChI=1S/C13H24O4/c1-5-8(3)10(12(14)15)7-11(13(16)17)9(4)6-2/h8-11H,5-7H2,1-4H3,(H,14,15)(H,16,17). The van der Waals surface area contributed by atoms with E-state index in [0.717, 1.165) is 12.8 Å². The minimum Gasteiger partial charge on any atom is -0.481 e. The summed E-state index contributed by atoms with van der Waals surface area (Å²) in [6.45, 7) is 7.60. The molecule has 17 heavy (non-hydrogen) atoms. The molecule has 0 saturated heterocycles. The van der Waals surface area contributed by atoms with Crippen LogP contribution in [-0.2, 0) is 9.59 Å². The summed E-state index contributed by atoms with van der Waals surface area (Å²) in [4.78, 5) is 22.4. The van der Waals surface area contributed by atoms with E-state index in [9.17, 15) is 9.59 Å². The summed E-state index contributed by atoms with van der Waals surface area (Å²) in [6.07, 6.45) is 1.74. The SMILES string of the molecule is CCC(C)C(CC(C(=O)O)C(C)CC)C(=O)O. The second-order valence-corrected chi connectivity index (χ2v) is 4.90. The summed E-state index contributed by atoms with van der Waals surface area (Å²) < 4.78 is 0. The highest BCUT2D eigenvalue weighted by Gasteiger charge is 2.32. The molecule has 0 aromatic carbocycles. The van der Waals surface area contributed by atoms with Gasteiger partial charge in [0.05, 0.1) is 11.8 Å². The zero-order valence-corrected chi connectivity index (χ0v) is 11.1. The van der Waals surface area contributed by atoms with Crippen molar-refractivity contribution >= 4 is 11.9 Å². The van der Waals surface area contributed by atoms with Crippen LogP contribution in [0.2, 0.25) is 0 Å². The van der Waals surface area contributed by atoms with Crippen LogP contribution in [0.25, 0.3) is 0 Å². The Morgan fingerprint density at radius 1 is 0.882 bits per heavy atom. The predicted octanol–water partition coefficient (Wildman–Crippen LogP) is 2.87. The number of rotatable bonds is 8. The molecule has 4 nitrogen and oxygen atoms in total. The lowest BCUT2D eigenvalue weighted by atomic mass is 9.79. The molecule has 2 N–H and O–H groups in total. The van der Waals surface area contributed by atoms with Crippen molar-refractivity contribution in [1.29, 1.82) is 0 Å². The Hall–Kier alpha value is -1.06. The van der Waals surface area contributed by atoms with Gasteiger partial charge >= 0.3 is 11.9 Å². The molecule has 4 atom stereocenters. The highest BCUT2D eigenvalue weighted by atomic mass is 16.4. The predicted molar refractivity (Wildman–Crippen MR) is 65.8 cm³/mol. The quantitative estimate of drug-likeness (QED) is 0.688. The second-order valence-electron chi connectivity index (χ2n) is 4.90. The van der Waals surface area contributed by atoms with Crippen LogP contribution in [0.3, 0.4) is 0 Å². The molecule has 0 bridgehead atoms. The molecule has 0 aromatic heterocycles. The van der Waals surface area contributed by atoms with Crippen LogP contribution in [-0.4, -0.2) is 22.2 Å². The Morgan fingerprint density at radius 3 is 1.35 bits per heavy atom. The fourth-order valence-corrected chi connectivity index (χ4v) is 2.00. The van der Waals surface area contributed by atoms with Gasteiger partial charge in [0.25, 0.3) is 0 Å². The van der Waals surface area contributed by atoms with E-state index in [0.29, 0.717) is 0 Å². The van der Waals surface area contributed by atoms with Crippen molar-refractivity contribution in [2.75, 3.05) is 0 Å².